The molecule has 0 aliphatic carbocycles. The van der Waals surface area contributed by atoms with Gasteiger partial charge in [0.05, 0.1) is 17.3 Å². The minimum Gasteiger partial charge on any atom is -0.365 e. The van der Waals surface area contributed by atoms with Crippen molar-refractivity contribution in [3.8, 4) is 0 Å². The molecule has 8 nitrogen and oxygen atoms in total. The van der Waals surface area contributed by atoms with Crippen molar-refractivity contribution in [3.05, 3.63) is 41.8 Å². The summed E-state index contributed by atoms with van der Waals surface area (Å²) in [6.45, 7) is 2.42. The fraction of sp³-hybridized carbons (Fsp3) is 0.350. The Morgan fingerprint density at radius 2 is 2.10 bits per heavy atom. The molecule has 1 amide bonds. The first-order valence-electron chi connectivity index (χ1n) is 9.58. The Bertz CT molecular complexity index is 1020. The van der Waals surface area contributed by atoms with E-state index in [0.29, 0.717) is 12.2 Å². The predicted molar refractivity (Wildman–Crippen MR) is 113 cm³/mol. The third-order valence-electron chi connectivity index (χ3n) is 4.78. The molecule has 3 rings (SSSR count). The van der Waals surface area contributed by atoms with Crippen molar-refractivity contribution in [3.63, 3.8) is 0 Å². The lowest BCUT2D eigenvalue weighted by atomic mass is 10.1. The minimum absolute atomic E-state index is 0.0304. The van der Waals surface area contributed by atoms with Gasteiger partial charge in [-0.05, 0) is 30.7 Å². The van der Waals surface area contributed by atoms with Crippen LogP contribution in [0.25, 0.3) is 10.9 Å². The summed E-state index contributed by atoms with van der Waals surface area (Å²) in [5.74, 6) is -1.21. The molecule has 0 bridgehead atoms. The van der Waals surface area contributed by atoms with E-state index in [9.17, 15) is 9.18 Å². The molecule has 0 unspecified atom stereocenters. The van der Waals surface area contributed by atoms with Crippen molar-refractivity contribution in [2.45, 2.75) is 32.2 Å². The van der Waals surface area contributed by atoms with E-state index in [1.807, 2.05) is 25.2 Å². The molecular formula is C20H26FN7O. The van der Waals surface area contributed by atoms with E-state index in [-0.39, 0.29) is 23.2 Å². The van der Waals surface area contributed by atoms with Gasteiger partial charge in [0.2, 0.25) is 0 Å². The van der Waals surface area contributed by atoms with E-state index in [0.717, 1.165) is 36.2 Å². The van der Waals surface area contributed by atoms with E-state index in [2.05, 4.69) is 27.6 Å². The second kappa shape index (κ2) is 8.87. The lowest BCUT2D eigenvalue weighted by molar-refractivity contribution is 0.100. The van der Waals surface area contributed by atoms with Crippen molar-refractivity contribution < 1.29 is 9.18 Å². The molecule has 2 heterocycles. The number of aromatic nitrogens is 3. The van der Waals surface area contributed by atoms with Crippen LogP contribution >= 0.6 is 0 Å². The van der Waals surface area contributed by atoms with Crippen LogP contribution in [-0.4, -0.2) is 33.3 Å². The lowest BCUT2D eigenvalue weighted by Crippen LogP contribution is -2.30. The van der Waals surface area contributed by atoms with Crippen LogP contribution in [0.1, 0.15) is 36.5 Å². The number of rotatable bonds is 9. The van der Waals surface area contributed by atoms with Gasteiger partial charge in [-0.1, -0.05) is 19.8 Å². The molecule has 3 aromatic rings. The molecule has 6 N–H and O–H groups in total. The zero-order valence-corrected chi connectivity index (χ0v) is 16.6. The van der Waals surface area contributed by atoms with Crippen LogP contribution in [0.4, 0.5) is 21.7 Å². The Labute approximate surface area is 168 Å². The van der Waals surface area contributed by atoms with Crippen molar-refractivity contribution in [2.75, 3.05) is 17.2 Å². The number of aryl methyl sites for hydroxylation is 1. The lowest BCUT2D eigenvalue weighted by Gasteiger charge is -2.19. The number of nitrogens with two attached hydrogens (primary N) is 2. The fourth-order valence-corrected chi connectivity index (χ4v) is 3.14. The zero-order valence-electron chi connectivity index (χ0n) is 16.6. The Hall–Kier alpha value is -3.20. The smallest absolute Gasteiger partial charge is 0.252 e. The topological polar surface area (TPSA) is 124 Å². The van der Waals surface area contributed by atoms with E-state index in [1.54, 1.807) is 10.9 Å². The maximum absolute atomic E-state index is 14.5. The zero-order chi connectivity index (χ0) is 21.0. The normalized spacial score (nSPS) is 12.1. The van der Waals surface area contributed by atoms with E-state index in [4.69, 9.17) is 11.5 Å². The summed E-state index contributed by atoms with van der Waals surface area (Å²) in [6.07, 6.45) is 4.51. The van der Waals surface area contributed by atoms with Gasteiger partial charge >= 0.3 is 0 Å². The molecule has 9 heteroatoms. The maximum Gasteiger partial charge on any atom is 0.252 e. The number of hydrogen-bond donors (Lipinski definition) is 4. The predicted octanol–water partition coefficient (Wildman–Crippen LogP) is 2.88. The van der Waals surface area contributed by atoms with Gasteiger partial charge in [0.15, 0.2) is 11.6 Å². The summed E-state index contributed by atoms with van der Waals surface area (Å²) in [6, 6.07) is 6.57. The second-order valence-electron chi connectivity index (χ2n) is 6.97. The van der Waals surface area contributed by atoms with Gasteiger partial charge in [-0.25, -0.2) is 9.37 Å². The molecule has 29 heavy (non-hydrogen) atoms. The van der Waals surface area contributed by atoms with Gasteiger partial charge in [0.1, 0.15) is 5.82 Å². The maximum atomic E-state index is 14.5. The number of nitrogens with zero attached hydrogens (tertiary/aromatic N) is 3. The van der Waals surface area contributed by atoms with Crippen molar-refractivity contribution in [1.29, 1.82) is 0 Å². The molecule has 0 aliphatic rings. The SMILES string of the molecule is CCCC[C@H](CN)Nc1nc(Nc2ccc3c(cnn3C)c2)c(C(N)=O)cc1F. The molecule has 1 atom stereocenters. The number of amides is 1. The third-order valence-corrected chi connectivity index (χ3v) is 4.78. The first-order valence-corrected chi connectivity index (χ1v) is 9.58. The van der Waals surface area contributed by atoms with Gasteiger partial charge < -0.3 is 22.1 Å². The third kappa shape index (κ3) is 4.62. The van der Waals surface area contributed by atoms with Gasteiger partial charge in [0, 0.05) is 30.7 Å². The molecule has 0 spiro atoms. The fourth-order valence-electron chi connectivity index (χ4n) is 3.14. The molecule has 0 saturated heterocycles. The molecule has 0 radical (unpaired) electrons. The summed E-state index contributed by atoms with van der Waals surface area (Å²) in [4.78, 5) is 16.1. The largest absolute Gasteiger partial charge is 0.365 e. The van der Waals surface area contributed by atoms with E-state index >= 15 is 0 Å². The number of halogens is 1. The quantitative estimate of drug-likeness (QED) is 0.439. The Morgan fingerprint density at radius 3 is 2.79 bits per heavy atom. The number of anilines is 3. The molecule has 2 aromatic heterocycles. The van der Waals surface area contributed by atoms with Crippen LogP contribution in [0.15, 0.2) is 30.5 Å². The monoisotopic (exact) mass is 399 g/mol. The van der Waals surface area contributed by atoms with Crippen LogP contribution in [0.2, 0.25) is 0 Å². The van der Waals surface area contributed by atoms with Crippen LogP contribution in [0, 0.1) is 5.82 Å². The van der Waals surface area contributed by atoms with E-state index in [1.165, 1.54) is 0 Å². The molecule has 0 fully saturated rings. The summed E-state index contributed by atoms with van der Waals surface area (Å²) >= 11 is 0. The molecule has 154 valence electrons. The number of carbonyl (C=O) groups excluding carboxylic acids is 1. The summed E-state index contributed by atoms with van der Waals surface area (Å²) < 4.78 is 16.3. The van der Waals surface area contributed by atoms with Crippen LogP contribution in [0.5, 0.6) is 0 Å². The van der Waals surface area contributed by atoms with Crippen LogP contribution in [0.3, 0.4) is 0 Å². The van der Waals surface area contributed by atoms with Crippen molar-refractivity contribution >= 4 is 34.1 Å². The Morgan fingerprint density at radius 1 is 1.31 bits per heavy atom. The molecule has 0 saturated carbocycles. The second-order valence-corrected chi connectivity index (χ2v) is 6.97. The molecule has 0 aliphatic heterocycles. The number of fused-ring (bicyclic) bond motifs is 1. The summed E-state index contributed by atoms with van der Waals surface area (Å²) in [7, 11) is 1.85. The number of hydrogen-bond acceptors (Lipinski definition) is 6. The first kappa shape index (κ1) is 20.5. The van der Waals surface area contributed by atoms with Gasteiger partial charge in [-0.3, -0.25) is 9.48 Å². The average Bonchev–Trinajstić information content (AvgIpc) is 3.07. The van der Waals surface area contributed by atoms with Gasteiger partial charge in [0.25, 0.3) is 5.91 Å². The van der Waals surface area contributed by atoms with Gasteiger partial charge in [-0.15, -0.1) is 0 Å². The number of nitrogens with one attached hydrogen (secondary N) is 2. The van der Waals surface area contributed by atoms with Gasteiger partial charge in [-0.2, -0.15) is 5.10 Å². The Balaban J connectivity index is 1.93. The number of unbranched alkanes of at least 4 members (excludes halogenated alkanes) is 1. The first-order chi connectivity index (χ1) is 13.9. The standard InChI is InChI=1S/C20H26FN7O/c1-3-4-5-14(10-22)26-20-16(21)9-15(18(23)29)19(27-20)25-13-6-7-17-12(8-13)11-24-28(17)2/h6-9,11,14H,3-5,10,22H2,1-2H3,(H2,23,29)(H2,25,26,27)/t14-/m1/s1. The summed E-state index contributed by atoms with van der Waals surface area (Å²) in [5, 5.41) is 11.2. The van der Waals surface area contributed by atoms with Crippen LogP contribution in [-0.2, 0) is 7.05 Å². The number of pyridine rings is 1. The van der Waals surface area contributed by atoms with E-state index < -0.39 is 11.7 Å². The number of benzene rings is 1. The number of carbonyl (C=O) groups is 1. The highest BCUT2D eigenvalue weighted by molar-refractivity contribution is 5.99. The Kier molecular flexibility index (Phi) is 6.28. The van der Waals surface area contributed by atoms with Crippen LogP contribution < -0.4 is 22.1 Å². The number of primary amides is 1. The molecular weight excluding hydrogens is 373 g/mol. The van der Waals surface area contributed by atoms with Crippen molar-refractivity contribution in [1.82, 2.24) is 14.8 Å². The highest BCUT2D eigenvalue weighted by Crippen LogP contribution is 2.26. The van der Waals surface area contributed by atoms with Crippen molar-refractivity contribution in [2.24, 2.45) is 18.5 Å². The summed E-state index contributed by atoms with van der Waals surface area (Å²) in [5.41, 5.74) is 12.8. The molecule has 1 aromatic carbocycles. The average molecular weight is 399 g/mol. The minimum atomic E-state index is -0.769. The highest BCUT2D eigenvalue weighted by Gasteiger charge is 2.18. The highest BCUT2D eigenvalue weighted by atomic mass is 19.1.